The van der Waals surface area contributed by atoms with E-state index >= 15 is 0 Å². The lowest BCUT2D eigenvalue weighted by molar-refractivity contribution is -0.118. The smallest absolute Gasteiger partial charge is 0.262 e. The van der Waals surface area contributed by atoms with E-state index in [9.17, 15) is 4.79 Å². The summed E-state index contributed by atoms with van der Waals surface area (Å²) in [5.41, 5.74) is 1.68. The van der Waals surface area contributed by atoms with Crippen molar-refractivity contribution in [1.29, 1.82) is 0 Å². The van der Waals surface area contributed by atoms with E-state index in [-0.39, 0.29) is 12.5 Å². The lowest BCUT2D eigenvalue weighted by Crippen LogP contribution is -2.20. The summed E-state index contributed by atoms with van der Waals surface area (Å²) in [6.07, 6.45) is 1.78. The molecule has 0 unspecified atom stereocenters. The van der Waals surface area contributed by atoms with Crippen LogP contribution >= 0.6 is 11.6 Å². The average molecular weight is 317 g/mol. The van der Waals surface area contributed by atoms with Crippen LogP contribution in [0.15, 0.2) is 61.2 Å². The molecule has 0 aliphatic rings. The number of halogens is 1. The van der Waals surface area contributed by atoms with Crippen LogP contribution in [-0.2, 0) is 4.79 Å². The van der Waals surface area contributed by atoms with Gasteiger partial charge < -0.3 is 15.4 Å². The van der Waals surface area contributed by atoms with Crippen molar-refractivity contribution in [3.8, 4) is 5.75 Å². The lowest BCUT2D eigenvalue weighted by Gasteiger charge is -2.09. The van der Waals surface area contributed by atoms with Crippen LogP contribution in [0.1, 0.15) is 0 Å². The van der Waals surface area contributed by atoms with Crippen LogP contribution in [0.3, 0.4) is 0 Å². The Morgan fingerprint density at radius 3 is 2.36 bits per heavy atom. The number of hydrogen-bond acceptors (Lipinski definition) is 3. The first kappa shape index (κ1) is 15.9. The molecule has 2 aromatic carbocycles. The summed E-state index contributed by atoms with van der Waals surface area (Å²) in [7, 11) is 0. The molecule has 0 saturated carbocycles. The molecule has 114 valence electrons. The number of carbonyl (C=O) groups is 1. The standard InChI is InChI=1S/C17H17ClN2O2/c1-2-11-19-14-5-7-15(8-6-14)20-17(21)12-22-16-9-3-13(18)4-10-16/h2-10,19H,1,11-12H2,(H,20,21). The molecule has 0 bridgehead atoms. The van der Waals surface area contributed by atoms with Gasteiger partial charge in [-0.2, -0.15) is 0 Å². The Hall–Kier alpha value is -2.46. The van der Waals surface area contributed by atoms with Crippen LogP contribution in [0.25, 0.3) is 0 Å². The van der Waals surface area contributed by atoms with Gasteiger partial charge in [0.25, 0.3) is 5.91 Å². The number of nitrogens with one attached hydrogen (secondary N) is 2. The van der Waals surface area contributed by atoms with Crippen molar-refractivity contribution in [2.24, 2.45) is 0 Å². The predicted octanol–water partition coefficient (Wildman–Crippen LogP) is 3.96. The molecule has 2 aromatic rings. The molecular formula is C17H17ClN2O2. The van der Waals surface area contributed by atoms with Crippen molar-refractivity contribution in [2.75, 3.05) is 23.8 Å². The molecule has 0 aromatic heterocycles. The molecule has 0 heterocycles. The van der Waals surface area contributed by atoms with Gasteiger partial charge in [-0.1, -0.05) is 17.7 Å². The Labute approximate surface area is 134 Å². The zero-order valence-corrected chi connectivity index (χ0v) is 12.8. The number of anilines is 2. The molecule has 0 fully saturated rings. The first-order valence-electron chi connectivity index (χ1n) is 6.80. The Balaban J connectivity index is 1.81. The van der Waals surface area contributed by atoms with Gasteiger partial charge >= 0.3 is 0 Å². The molecular weight excluding hydrogens is 300 g/mol. The van der Waals surface area contributed by atoms with Crippen LogP contribution in [-0.4, -0.2) is 19.1 Å². The van der Waals surface area contributed by atoms with Gasteiger partial charge in [-0.25, -0.2) is 0 Å². The minimum atomic E-state index is -0.221. The van der Waals surface area contributed by atoms with Gasteiger partial charge in [-0.05, 0) is 48.5 Å². The Morgan fingerprint density at radius 1 is 1.09 bits per heavy atom. The van der Waals surface area contributed by atoms with E-state index in [1.807, 2.05) is 24.3 Å². The van der Waals surface area contributed by atoms with E-state index < -0.39 is 0 Å². The van der Waals surface area contributed by atoms with Crippen LogP contribution < -0.4 is 15.4 Å². The highest BCUT2D eigenvalue weighted by molar-refractivity contribution is 6.30. The SMILES string of the molecule is C=CCNc1ccc(NC(=O)COc2ccc(Cl)cc2)cc1. The molecule has 0 saturated heterocycles. The van der Waals surface area contributed by atoms with E-state index in [4.69, 9.17) is 16.3 Å². The number of ether oxygens (including phenoxy) is 1. The fraction of sp³-hybridized carbons (Fsp3) is 0.118. The third kappa shape index (κ3) is 5.14. The molecule has 1 amide bonds. The summed E-state index contributed by atoms with van der Waals surface area (Å²) in [5, 5.41) is 6.56. The van der Waals surface area contributed by atoms with Gasteiger partial charge in [-0.3, -0.25) is 4.79 Å². The number of hydrogen-bond donors (Lipinski definition) is 2. The number of benzene rings is 2. The molecule has 0 aliphatic heterocycles. The van der Waals surface area contributed by atoms with Crippen molar-refractivity contribution in [3.05, 3.63) is 66.2 Å². The number of carbonyl (C=O) groups excluding carboxylic acids is 1. The second kappa shape index (κ2) is 8.10. The molecule has 2 rings (SSSR count). The first-order chi connectivity index (χ1) is 10.7. The third-order valence-corrected chi connectivity index (χ3v) is 3.05. The summed E-state index contributed by atoms with van der Waals surface area (Å²) in [5.74, 6) is 0.380. The largest absolute Gasteiger partial charge is 0.484 e. The fourth-order valence-corrected chi connectivity index (χ4v) is 1.86. The maximum Gasteiger partial charge on any atom is 0.262 e. The zero-order valence-electron chi connectivity index (χ0n) is 12.0. The monoisotopic (exact) mass is 316 g/mol. The van der Waals surface area contributed by atoms with E-state index in [1.165, 1.54) is 0 Å². The third-order valence-electron chi connectivity index (χ3n) is 2.80. The average Bonchev–Trinajstić information content (AvgIpc) is 2.54. The molecule has 0 aliphatic carbocycles. The van der Waals surface area contributed by atoms with Crippen LogP contribution in [0, 0.1) is 0 Å². The Kier molecular flexibility index (Phi) is 5.86. The highest BCUT2D eigenvalue weighted by atomic mass is 35.5. The predicted molar refractivity (Wildman–Crippen MR) is 90.7 cm³/mol. The van der Waals surface area contributed by atoms with Gasteiger partial charge in [0, 0.05) is 22.9 Å². The van der Waals surface area contributed by atoms with Gasteiger partial charge in [-0.15, -0.1) is 6.58 Å². The molecule has 0 atom stereocenters. The van der Waals surface area contributed by atoms with E-state index in [2.05, 4.69) is 17.2 Å². The van der Waals surface area contributed by atoms with Crippen molar-refractivity contribution >= 4 is 28.9 Å². The number of amides is 1. The second-order valence-corrected chi connectivity index (χ2v) is 4.97. The topological polar surface area (TPSA) is 50.4 Å². The molecule has 2 N–H and O–H groups in total. The van der Waals surface area contributed by atoms with Gasteiger partial charge in [0.1, 0.15) is 5.75 Å². The van der Waals surface area contributed by atoms with Crippen LogP contribution in [0.2, 0.25) is 5.02 Å². The minimum Gasteiger partial charge on any atom is -0.484 e. The minimum absolute atomic E-state index is 0.0574. The summed E-state index contributed by atoms with van der Waals surface area (Å²) in [6.45, 7) is 4.28. The zero-order chi connectivity index (χ0) is 15.8. The summed E-state index contributed by atoms with van der Waals surface area (Å²) >= 11 is 5.78. The molecule has 22 heavy (non-hydrogen) atoms. The van der Waals surface area contributed by atoms with Crippen LogP contribution in [0.5, 0.6) is 5.75 Å². The first-order valence-corrected chi connectivity index (χ1v) is 7.18. The summed E-state index contributed by atoms with van der Waals surface area (Å²) in [4.78, 5) is 11.8. The van der Waals surface area contributed by atoms with Crippen molar-refractivity contribution in [1.82, 2.24) is 0 Å². The molecule has 0 radical (unpaired) electrons. The van der Waals surface area contributed by atoms with E-state index in [0.29, 0.717) is 23.0 Å². The second-order valence-electron chi connectivity index (χ2n) is 4.54. The van der Waals surface area contributed by atoms with Crippen molar-refractivity contribution < 1.29 is 9.53 Å². The van der Waals surface area contributed by atoms with Gasteiger partial charge in [0.05, 0.1) is 0 Å². The number of rotatable bonds is 7. The fourth-order valence-electron chi connectivity index (χ4n) is 1.74. The quantitative estimate of drug-likeness (QED) is 0.760. The van der Waals surface area contributed by atoms with Gasteiger partial charge in [0.2, 0.25) is 0 Å². The maximum atomic E-state index is 11.8. The summed E-state index contributed by atoms with van der Waals surface area (Å²) in [6, 6.07) is 14.3. The Morgan fingerprint density at radius 2 is 1.73 bits per heavy atom. The molecule has 0 spiro atoms. The highest BCUT2D eigenvalue weighted by Gasteiger charge is 2.04. The van der Waals surface area contributed by atoms with E-state index in [0.717, 1.165) is 5.69 Å². The summed E-state index contributed by atoms with van der Waals surface area (Å²) < 4.78 is 5.38. The van der Waals surface area contributed by atoms with E-state index in [1.54, 1.807) is 30.3 Å². The lowest BCUT2D eigenvalue weighted by atomic mass is 10.2. The molecule has 5 heteroatoms. The Bertz CT molecular complexity index is 624. The van der Waals surface area contributed by atoms with Crippen LogP contribution in [0.4, 0.5) is 11.4 Å². The normalized spacial score (nSPS) is 9.86. The van der Waals surface area contributed by atoms with Gasteiger partial charge in [0.15, 0.2) is 6.61 Å². The van der Waals surface area contributed by atoms with Crippen molar-refractivity contribution in [2.45, 2.75) is 0 Å². The highest BCUT2D eigenvalue weighted by Crippen LogP contribution is 2.16. The molecule has 4 nitrogen and oxygen atoms in total. The van der Waals surface area contributed by atoms with Crippen molar-refractivity contribution in [3.63, 3.8) is 0 Å². The maximum absolute atomic E-state index is 11.8.